The zero-order valence-corrected chi connectivity index (χ0v) is 13.0. The van der Waals surface area contributed by atoms with E-state index >= 15 is 0 Å². The topological polar surface area (TPSA) is 49.4 Å². The molecule has 5 heteroatoms. The zero-order valence-electron chi connectivity index (χ0n) is 12.1. The highest BCUT2D eigenvalue weighted by atomic mass is 32.2. The molecule has 0 aromatic rings. The fourth-order valence-corrected chi connectivity index (χ4v) is 3.21. The van der Waals surface area contributed by atoms with Crippen LogP contribution in [0.25, 0.3) is 0 Å². The molecule has 1 rings (SSSR count). The lowest BCUT2D eigenvalue weighted by Gasteiger charge is -2.41. The molecule has 2 unspecified atom stereocenters. The van der Waals surface area contributed by atoms with Crippen molar-refractivity contribution in [3.05, 3.63) is 0 Å². The molecule has 18 heavy (non-hydrogen) atoms. The first kappa shape index (κ1) is 15.9. The molecule has 0 bridgehead atoms. The van der Waals surface area contributed by atoms with Crippen LogP contribution in [0.3, 0.4) is 0 Å². The van der Waals surface area contributed by atoms with Crippen LogP contribution < -0.4 is 5.32 Å². The summed E-state index contributed by atoms with van der Waals surface area (Å²) in [5.74, 6) is 1.14. The van der Waals surface area contributed by atoms with Gasteiger partial charge in [0.1, 0.15) is 0 Å². The van der Waals surface area contributed by atoms with Gasteiger partial charge in [0, 0.05) is 37.5 Å². The number of nitrogens with zero attached hydrogens (tertiary/aromatic N) is 1. The van der Waals surface area contributed by atoms with Crippen LogP contribution in [-0.4, -0.2) is 56.5 Å². The van der Waals surface area contributed by atoms with Crippen LogP contribution in [-0.2, 0) is 9.84 Å². The zero-order chi connectivity index (χ0) is 13.8. The van der Waals surface area contributed by atoms with Crippen LogP contribution in [0.1, 0.15) is 34.1 Å². The largest absolute Gasteiger partial charge is 0.311 e. The van der Waals surface area contributed by atoms with Gasteiger partial charge in [-0.25, -0.2) is 8.42 Å². The highest BCUT2D eigenvalue weighted by Gasteiger charge is 2.28. The van der Waals surface area contributed by atoms with Gasteiger partial charge in [0.25, 0.3) is 0 Å². The van der Waals surface area contributed by atoms with Gasteiger partial charge in [0.2, 0.25) is 0 Å². The summed E-state index contributed by atoms with van der Waals surface area (Å²) in [5.41, 5.74) is 0. The van der Waals surface area contributed by atoms with Gasteiger partial charge < -0.3 is 5.32 Å². The van der Waals surface area contributed by atoms with Crippen LogP contribution >= 0.6 is 0 Å². The van der Waals surface area contributed by atoms with E-state index in [2.05, 4.69) is 31.0 Å². The first-order chi connectivity index (χ1) is 8.39. The Morgan fingerprint density at radius 3 is 2.50 bits per heavy atom. The molecule has 2 atom stereocenters. The number of piperazine rings is 1. The van der Waals surface area contributed by atoms with Crippen LogP contribution in [0.2, 0.25) is 0 Å². The first-order valence-corrected chi connectivity index (χ1v) is 8.89. The van der Waals surface area contributed by atoms with E-state index in [1.54, 1.807) is 6.92 Å². The summed E-state index contributed by atoms with van der Waals surface area (Å²) in [7, 11) is -2.85. The van der Waals surface area contributed by atoms with Crippen molar-refractivity contribution in [2.24, 2.45) is 5.92 Å². The summed E-state index contributed by atoms with van der Waals surface area (Å²) in [6, 6.07) is 0.962. The molecule has 0 spiro atoms. The second-order valence-corrected chi connectivity index (χ2v) is 8.02. The van der Waals surface area contributed by atoms with E-state index in [4.69, 9.17) is 0 Å². The van der Waals surface area contributed by atoms with Gasteiger partial charge in [0.15, 0.2) is 9.84 Å². The summed E-state index contributed by atoms with van der Waals surface area (Å²) in [5, 5.41) is 3.57. The third-order valence-corrected chi connectivity index (χ3v) is 5.65. The van der Waals surface area contributed by atoms with Crippen molar-refractivity contribution < 1.29 is 8.42 Å². The van der Waals surface area contributed by atoms with Gasteiger partial charge in [-0.3, -0.25) is 4.90 Å². The molecule has 1 aliphatic heterocycles. The Bertz CT molecular complexity index is 341. The van der Waals surface area contributed by atoms with E-state index in [0.29, 0.717) is 30.3 Å². The molecule has 108 valence electrons. The number of hydrogen-bond donors (Lipinski definition) is 1. The second-order valence-electron chi connectivity index (χ2n) is 5.55. The van der Waals surface area contributed by atoms with Crippen molar-refractivity contribution in [3.63, 3.8) is 0 Å². The minimum atomic E-state index is -2.85. The standard InChI is InChI=1S/C13H28N2O2S/c1-5-12-9-14-13(11(3)4)10-15(12)7-8-18(16,17)6-2/h11-14H,5-10H2,1-4H3. The van der Waals surface area contributed by atoms with Crippen LogP contribution in [0.5, 0.6) is 0 Å². The molecule has 1 fully saturated rings. The molecular weight excluding hydrogens is 248 g/mol. The van der Waals surface area contributed by atoms with Gasteiger partial charge >= 0.3 is 0 Å². The van der Waals surface area contributed by atoms with Crippen LogP contribution in [0.15, 0.2) is 0 Å². The van der Waals surface area contributed by atoms with Crippen LogP contribution in [0.4, 0.5) is 0 Å². The number of hydrogen-bond acceptors (Lipinski definition) is 4. The molecule has 1 saturated heterocycles. The second kappa shape index (κ2) is 6.87. The highest BCUT2D eigenvalue weighted by Crippen LogP contribution is 2.15. The van der Waals surface area contributed by atoms with Gasteiger partial charge in [-0.05, 0) is 12.3 Å². The van der Waals surface area contributed by atoms with Crippen molar-refractivity contribution in [1.82, 2.24) is 10.2 Å². The van der Waals surface area contributed by atoms with E-state index in [1.165, 1.54) is 0 Å². The maximum atomic E-state index is 11.6. The molecule has 1 N–H and O–H groups in total. The van der Waals surface area contributed by atoms with Gasteiger partial charge in [-0.15, -0.1) is 0 Å². The van der Waals surface area contributed by atoms with Crippen molar-refractivity contribution in [3.8, 4) is 0 Å². The maximum Gasteiger partial charge on any atom is 0.151 e. The fraction of sp³-hybridized carbons (Fsp3) is 1.00. The summed E-state index contributed by atoms with van der Waals surface area (Å²) in [6.07, 6.45) is 1.07. The molecule has 0 aromatic carbocycles. The smallest absolute Gasteiger partial charge is 0.151 e. The van der Waals surface area contributed by atoms with E-state index < -0.39 is 9.84 Å². The Hall–Kier alpha value is -0.130. The first-order valence-electron chi connectivity index (χ1n) is 7.07. The van der Waals surface area contributed by atoms with Crippen molar-refractivity contribution in [1.29, 1.82) is 0 Å². The molecule has 0 aromatic heterocycles. The van der Waals surface area contributed by atoms with Crippen molar-refractivity contribution >= 4 is 9.84 Å². The SMILES string of the molecule is CCC1CNC(C(C)C)CN1CCS(=O)(=O)CC. The Balaban J connectivity index is 2.58. The van der Waals surface area contributed by atoms with Crippen molar-refractivity contribution in [2.75, 3.05) is 31.1 Å². The summed E-state index contributed by atoms with van der Waals surface area (Å²) in [4.78, 5) is 2.36. The lowest BCUT2D eigenvalue weighted by atomic mass is 9.98. The lowest BCUT2D eigenvalue weighted by Crippen LogP contribution is -2.58. The molecular formula is C13H28N2O2S. The molecule has 1 aliphatic rings. The van der Waals surface area contributed by atoms with Gasteiger partial charge in [-0.2, -0.15) is 0 Å². The minimum absolute atomic E-state index is 0.253. The maximum absolute atomic E-state index is 11.6. The minimum Gasteiger partial charge on any atom is -0.311 e. The molecule has 0 aliphatic carbocycles. The van der Waals surface area contributed by atoms with Gasteiger partial charge in [0.05, 0.1) is 5.75 Å². The molecule has 0 radical (unpaired) electrons. The van der Waals surface area contributed by atoms with E-state index in [-0.39, 0.29) is 5.75 Å². The molecule has 4 nitrogen and oxygen atoms in total. The molecule has 0 amide bonds. The average molecular weight is 276 g/mol. The predicted molar refractivity (Wildman–Crippen MR) is 76.6 cm³/mol. The van der Waals surface area contributed by atoms with Crippen molar-refractivity contribution in [2.45, 2.75) is 46.2 Å². The lowest BCUT2D eigenvalue weighted by molar-refractivity contribution is 0.117. The van der Waals surface area contributed by atoms with E-state index in [0.717, 1.165) is 19.5 Å². The summed E-state index contributed by atoms with van der Waals surface area (Å²) < 4.78 is 23.2. The van der Waals surface area contributed by atoms with E-state index in [9.17, 15) is 8.42 Å². The Morgan fingerprint density at radius 2 is 2.00 bits per heavy atom. The Morgan fingerprint density at radius 1 is 1.33 bits per heavy atom. The molecule has 1 heterocycles. The highest BCUT2D eigenvalue weighted by molar-refractivity contribution is 7.91. The number of rotatable bonds is 6. The quantitative estimate of drug-likeness (QED) is 0.790. The number of sulfone groups is 1. The molecule has 0 saturated carbocycles. The Kier molecular flexibility index (Phi) is 6.08. The Labute approximate surface area is 112 Å². The van der Waals surface area contributed by atoms with E-state index in [1.807, 2.05) is 0 Å². The fourth-order valence-electron chi connectivity index (χ4n) is 2.41. The summed E-state index contributed by atoms with van der Waals surface area (Å²) >= 11 is 0. The third kappa shape index (κ3) is 4.52. The third-order valence-electron chi connectivity index (χ3n) is 3.97. The van der Waals surface area contributed by atoms with Gasteiger partial charge in [-0.1, -0.05) is 27.7 Å². The average Bonchev–Trinajstić information content (AvgIpc) is 2.36. The van der Waals surface area contributed by atoms with Crippen LogP contribution in [0, 0.1) is 5.92 Å². The number of nitrogens with one attached hydrogen (secondary N) is 1. The summed E-state index contributed by atoms with van der Waals surface area (Å²) in [6.45, 7) is 10.9. The normalized spacial score (nSPS) is 26.7. The predicted octanol–water partition coefficient (Wildman–Crippen LogP) is 1.13. The monoisotopic (exact) mass is 276 g/mol.